The van der Waals surface area contributed by atoms with Crippen molar-refractivity contribution in [3.63, 3.8) is 0 Å². The van der Waals surface area contributed by atoms with E-state index < -0.39 is 6.10 Å². The van der Waals surface area contributed by atoms with Crippen molar-refractivity contribution in [3.05, 3.63) is 35.5 Å². The molecule has 0 amide bonds. The van der Waals surface area contributed by atoms with Gasteiger partial charge in [0.15, 0.2) is 23.8 Å². The Balaban J connectivity index is 2.26. The molecule has 1 aromatic carbocycles. The van der Waals surface area contributed by atoms with Crippen LogP contribution in [0.4, 0.5) is 0 Å². The van der Waals surface area contributed by atoms with Gasteiger partial charge in [0.1, 0.15) is 12.4 Å². The van der Waals surface area contributed by atoms with Gasteiger partial charge in [-0.1, -0.05) is 23.1 Å². The second-order valence-electron chi connectivity index (χ2n) is 3.87. The third-order valence-corrected chi connectivity index (χ3v) is 1.97. The molecule has 19 heavy (non-hydrogen) atoms. The zero-order valence-corrected chi connectivity index (χ0v) is 10.6. The standard InChI is InChI=1S/C12H16N2O5/c1-10(15)8-19-13-14(17)7-11(16)9-18-12-5-3-2-4-6-12/h2-6,11,16H,7-9H2,1H3/b14-13-. The van der Waals surface area contributed by atoms with Crippen molar-refractivity contribution in [1.82, 2.24) is 0 Å². The van der Waals surface area contributed by atoms with Crippen LogP contribution in [-0.2, 0) is 9.63 Å². The Labute approximate surface area is 110 Å². The van der Waals surface area contributed by atoms with E-state index >= 15 is 0 Å². The SMILES string of the molecule is CC(=O)CO/N=[N+](\[O-])CC(O)COc1ccccc1. The quantitative estimate of drug-likeness (QED) is 0.429. The Kier molecular flexibility index (Phi) is 6.31. The van der Waals surface area contributed by atoms with E-state index in [1.807, 2.05) is 6.07 Å². The Morgan fingerprint density at radius 3 is 2.79 bits per heavy atom. The van der Waals surface area contributed by atoms with Gasteiger partial charge in [-0.2, -0.15) is 0 Å². The van der Waals surface area contributed by atoms with Gasteiger partial charge < -0.3 is 19.9 Å². The number of benzene rings is 1. The van der Waals surface area contributed by atoms with Gasteiger partial charge in [-0.3, -0.25) is 4.79 Å². The van der Waals surface area contributed by atoms with Gasteiger partial charge in [-0.05, 0) is 19.1 Å². The minimum absolute atomic E-state index is 0.0367. The summed E-state index contributed by atoms with van der Waals surface area (Å²) in [7, 11) is 0. The maximum atomic E-state index is 11.1. The molecule has 1 aromatic rings. The van der Waals surface area contributed by atoms with E-state index in [9.17, 15) is 15.1 Å². The van der Waals surface area contributed by atoms with Crippen LogP contribution in [0.25, 0.3) is 0 Å². The molecule has 0 radical (unpaired) electrons. The largest absolute Gasteiger partial charge is 0.597 e. The molecule has 1 rings (SSSR count). The van der Waals surface area contributed by atoms with Crippen LogP contribution >= 0.6 is 0 Å². The number of nitrogens with zero attached hydrogens (tertiary/aromatic N) is 2. The van der Waals surface area contributed by atoms with Gasteiger partial charge in [0.25, 0.3) is 0 Å². The van der Waals surface area contributed by atoms with Gasteiger partial charge in [0.05, 0.1) is 0 Å². The van der Waals surface area contributed by atoms with E-state index in [0.29, 0.717) is 5.75 Å². The molecule has 1 unspecified atom stereocenters. The number of carbonyl (C=O) groups excluding carboxylic acids is 1. The number of ketones is 1. The third-order valence-electron chi connectivity index (χ3n) is 1.97. The second-order valence-corrected chi connectivity index (χ2v) is 3.87. The highest BCUT2D eigenvalue weighted by molar-refractivity contribution is 5.76. The lowest BCUT2D eigenvalue weighted by Crippen LogP contribution is -2.27. The van der Waals surface area contributed by atoms with Crippen LogP contribution in [0, 0.1) is 5.21 Å². The predicted molar refractivity (Wildman–Crippen MR) is 65.5 cm³/mol. The average Bonchev–Trinajstić information content (AvgIpc) is 2.37. The second kappa shape index (κ2) is 8.04. The fourth-order valence-electron chi connectivity index (χ4n) is 1.16. The average molecular weight is 268 g/mol. The fourth-order valence-corrected chi connectivity index (χ4v) is 1.16. The number of rotatable bonds is 8. The van der Waals surface area contributed by atoms with Crippen molar-refractivity contribution in [2.45, 2.75) is 13.0 Å². The van der Waals surface area contributed by atoms with Crippen molar-refractivity contribution in [2.75, 3.05) is 19.8 Å². The highest BCUT2D eigenvalue weighted by atomic mass is 16.7. The minimum atomic E-state index is -1.01. The summed E-state index contributed by atoms with van der Waals surface area (Å²) >= 11 is 0. The number of hydrogen-bond donors (Lipinski definition) is 1. The lowest BCUT2D eigenvalue weighted by molar-refractivity contribution is -0.565. The first-order chi connectivity index (χ1) is 9.08. The first-order valence-electron chi connectivity index (χ1n) is 5.71. The molecule has 1 N–H and O–H groups in total. The van der Waals surface area contributed by atoms with Crippen LogP contribution in [-0.4, -0.2) is 41.6 Å². The third kappa shape index (κ3) is 6.99. The smallest absolute Gasteiger partial charge is 0.213 e. The maximum Gasteiger partial charge on any atom is 0.213 e. The summed E-state index contributed by atoms with van der Waals surface area (Å²) in [5.74, 6) is 0.355. The molecule has 1 atom stereocenters. The Morgan fingerprint density at radius 2 is 2.16 bits per heavy atom. The van der Waals surface area contributed by atoms with E-state index in [-0.39, 0.29) is 30.4 Å². The molecule has 0 aliphatic rings. The van der Waals surface area contributed by atoms with Crippen LogP contribution < -0.4 is 4.74 Å². The first kappa shape index (κ1) is 14.9. The molecule has 104 valence electrons. The molecule has 0 bridgehead atoms. The van der Waals surface area contributed by atoms with Gasteiger partial charge in [-0.15, -0.1) is 0 Å². The molecule has 7 nitrogen and oxygen atoms in total. The number of hydroxylamine groups is 1. The molecular formula is C12H16N2O5. The van der Waals surface area contributed by atoms with E-state index in [4.69, 9.17) is 4.74 Å². The highest BCUT2D eigenvalue weighted by Crippen LogP contribution is 2.08. The van der Waals surface area contributed by atoms with Crippen molar-refractivity contribution < 1.29 is 24.3 Å². The maximum absolute atomic E-state index is 11.1. The zero-order valence-electron chi connectivity index (χ0n) is 10.6. The highest BCUT2D eigenvalue weighted by Gasteiger charge is 2.11. The molecule has 0 heterocycles. The van der Waals surface area contributed by atoms with Crippen LogP contribution in [0.3, 0.4) is 0 Å². The fraction of sp³-hybridized carbons (Fsp3) is 0.417. The summed E-state index contributed by atoms with van der Waals surface area (Å²) in [4.78, 5) is 15.2. The van der Waals surface area contributed by atoms with Crippen molar-refractivity contribution in [1.29, 1.82) is 0 Å². The van der Waals surface area contributed by atoms with Gasteiger partial charge in [0.2, 0.25) is 6.54 Å². The van der Waals surface area contributed by atoms with Crippen molar-refractivity contribution >= 4 is 5.78 Å². The molecule has 0 aliphatic heterocycles. The van der Waals surface area contributed by atoms with E-state index in [1.54, 1.807) is 24.3 Å². The number of ether oxygens (including phenoxy) is 1. The van der Waals surface area contributed by atoms with Crippen LogP contribution in [0.1, 0.15) is 6.92 Å². The summed E-state index contributed by atoms with van der Waals surface area (Å²) < 4.78 is 5.26. The number of aliphatic hydroxyl groups excluding tert-OH is 1. The summed E-state index contributed by atoms with van der Waals surface area (Å²) in [5.41, 5.74) is 0. The molecule has 0 saturated carbocycles. The number of Topliss-reactive ketones (excluding diaryl/α,β-unsaturated/α-hetero) is 1. The molecule has 0 aliphatic carbocycles. The number of para-hydroxylation sites is 1. The molecule has 0 aromatic heterocycles. The van der Waals surface area contributed by atoms with Gasteiger partial charge >= 0.3 is 0 Å². The van der Waals surface area contributed by atoms with Crippen LogP contribution in [0.15, 0.2) is 35.6 Å². The Hall–Kier alpha value is -2.15. The first-order valence-corrected chi connectivity index (χ1v) is 5.71. The summed E-state index contributed by atoms with van der Waals surface area (Å²) in [6.07, 6.45) is -1.01. The summed E-state index contributed by atoms with van der Waals surface area (Å²) in [6.45, 7) is 0.707. The predicted octanol–water partition coefficient (Wildman–Crippen LogP) is 0.909. The molecular weight excluding hydrogens is 252 g/mol. The Bertz CT molecular complexity index is 421. The van der Waals surface area contributed by atoms with E-state index in [1.165, 1.54) is 6.92 Å². The lowest BCUT2D eigenvalue weighted by Gasteiger charge is -2.10. The van der Waals surface area contributed by atoms with Gasteiger partial charge in [0, 0.05) is 0 Å². The topological polar surface area (TPSA) is 94.2 Å². The van der Waals surface area contributed by atoms with E-state index in [2.05, 4.69) is 10.1 Å². The molecule has 7 heteroatoms. The monoisotopic (exact) mass is 268 g/mol. The van der Waals surface area contributed by atoms with Crippen LogP contribution in [0.2, 0.25) is 0 Å². The summed E-state index contributed by atoms with van der Waals surface area (Å²) in [6, 6.07) is 8.91. The number of hydrogen-bond acceptors (Lipinski definition) is 6. The normalized spacial score (nSPS) is 12.8. The van der Waals surface area contributed by atoms with Crippen molar-refractivity contribution in [3.8, 4) is 5.75 Å². The number of aliphatic hydroxyl groups is 1. The number of carbonyl (C=O) groups is 1. The zero-order chi connectivity index (χ0) is 14.1. The minimum Gasteiger partial charge on any atom is -0.597 e. The van der Waals surface area contributed by atoms with Crippen LogP contribution in [0.5, 0.6) is 5.75 Å². The Morgan fingerprint density at radius 1 is 1.47 bits per heavy atom. The van der Waals surface area contributed by atoms with Crippen molar-refractivity contribution in [2.24, 2.45) is 5.28 Å². The molecule has 0 fully saturated rings. The van der Waals surface area contributed by atoms with E-state index in [0.717, 1.165) is 0 Å². The van der Waals surface area contributed by atoms with Gasteiger partial charge in [-0.25, -0.2) is 0 Å². The molecule has 0 spiro atoms. The summed E-state index contributed by atoms with van der Waals surface area (Å²) in [5, 5.41) is 23.8. The molecule has 0 saturated heterocycles. The lowest BCUT2D eigenvalue weighted by atomic mass is 10.3.